The first kappa shape index (κ1) is 21.8. The van der Waals surface area contributed by atoms with Crippen LogP contribution in [0.15, 0.2) is 77.3 Å². The first-order chi connectivity index (χ1) is 17.1. The first-order valence-electron chi connectivity index (χ1n) is 11.9. The van der Waals surface area contributed by atoms with Gasteiger partial charge in [-0.25, -0.2) is 8.78 Å². The maximum atomic E-state index is 14.8. The third-order valence-corrected chi connectivity index (χ3v) is 7.04. The topological polar surface area (TPSA) is 41.6 Å². The van der Waals surface area contributed by atoms with E-state index < -0.39 is 11.6 Å². The molecule has 4 aromatic rings. The van der Waals surface area contributed by atoms with Crippen LogP contribution >= 0.6 is 0 Å². The molecule has 0 N–H and O–H groups in total. The number of amides is 1. The van der Waals surface area contributed by atoms with E-state index in [-0.39, 0.29) is 11.9 Å². The molecule has 2 aliphatic rings. The van der Waals surface area contributed by atoms with E-state index in [2.05, 4.69) is 21.6 Å². The van der Waals surface area contributed by atoms with E-state index in [9.17, 15) is 13.6 Å². The molecule has 2 aromatic carbocycles. The van der Waals surface area contributed by atoms with Gasteiger partial charge in [0.1, 0.15) is 17.4 Å². The zero-order valence-electron chi connectivity index (χ0n) is 19.2. The van der Waals surface area contributed by atoms with Crippen molar-refractivity contribution in [2.24, 2.45) is 0 Å². The molecule has 0 fully saturated rings. The summed E-state index contributed by atoms with van der Waals surface area (Å²) >= 11 is 0. The summed E-state index contributed by atoms with van der Waals surface area (Å²) in [7, 11) is 0. The van der Waals surface area contributed by atoms with Gasteiger partial charge in [-0.15, -0.1) is 0 Å². The smallest absolute Gasteiger partial charge is 0.289 e. The summed E-state index contributed by atoms with van der Waals surface area (Å²) in [6, 6.07) is 19.0. The van der Waals surface area contributed by atoms with Crippen LogP contribution in [-0.2, 0) is 26.1 Å². The average Bonchev–Trinajstić information content (AvgIpc) is 3.54. The molecule has 0 saturated heterocycles. The van der Waals surface area contributed by atoms with E-state index in [4.69, 9.17) is 4.42 Å². The molecule has 0 aliphatic carbocycles. The molecule has 0 bridgehead atoms. The predicted octanol–water partition coefficient (Wildman–Crippen LogP) is 5.16. The molecule has 0 radical (unpaired) electrons. The highest BCUT2D eigenvalue weighted by Gasteiger charge is 2.32. The number of furan rings is 1. The van der Waals surface area contributed by atoms with Crippen molar-refractivity contribution in [2.75, 3.05) is 13.1 Å². The quantitative estimate of drug-likeness (QED) is 0.411. The highest BCUT2D eigenvalue weighted by atomic mass is 19.1. The number of benzene rings is 2. The normalized spacial score (nSPS) is 17.8. The van der Waals surface area contributed by atoms with Crippen LogP contribution in [0.5, 0.6) is 0 Å². The summed E-state index contributed by atoms with van der Waals surface area (Å²) in [4.78, 5) is 17.1. The van der Waals surface area contributed by atoms with Crippen LogP contribution in [-0.4, -0.2) is 33.4 Å². The molecule has 1 atom stereocenters. The minimum Gasteiger partial charge on any atom is -0.455 e. The Kier molecular flexibility index (Phi) is 5.49. The maximum Gasteiger partial charge on any atom is 0.289 e. The molecule has 1 amide bonds. The SMILES string of the molecule is O=C(c1ccc(CN2CCn3cccc3C2c2ccc(F)cc2F)o1)N1CCc2ccccc2C1. The van der Waals surface area contributed by atoms with Gasteiger partial charge in [0.15, 0.2) is 5.76 Å². The van der Waals surface area contributed by atoms with Crippen molar-refractivity contribution >= 4 is 5.91 Å². The summed E-state index contributed by atoms with van der Waals surface area (Å²) in [6.45, 7) is 3.04. The Labute approximate surface area is 202 Å². The molecule has 2 aliphatic heterocycles. The molecular weight excluding hydrogens is 448 g/mol. The van der Waals surface area contributed by atoms with Crippen molar-refractivity contribution in [1.82, 2.24) is 14.4 Å². The highest BCUT2D eigenvalue weighted by molar-refractivity contribution is 5.91. The lowest BCUT2D eigenvalue weighted by Crippen LogP contribution is -2.38. The molecule has 1 unspecified atom stereocenters. The molecule has 6 rings (SSSR count). The third kappa shape index (κ3) is 4.06. The van der Waals surface area contributed by atoms with Crippen LogP contribution < -0.4 is 0 Å². The Morgan fingerprint density at radius 1 is 0.943 bits per heavy atom. The Morgan fingerprint density at radius 3 is 2.66 bits per heavy atom. The van der Waals surface area contributed by atoms with E-state index in [1.165, 1.54) is 23.3 Å². The number of carbonyl (C=O) groups is 1. The number of nitrogens with zero attached hydrogens (tertiary/aromatic N) is 3. The van der Waals surface area contributed by atoms with Crippen molar-refractivity contribution in [3.8, 4) is 0 Å². The molecule has 4 heterocycles. The van der Waals surface area contributed by atoms with Gasteiger partial charge in [-0.2, -0.15) is 0 Å². The van der Waals surface area contributed by atoms with Gasteiger partial charge in [-0.3, -0.25) is 9.69 Å². The summed E-state index contributed by atoms with van der Waals surface area (Å²) in [6.07, 6.45) is 2.80. The molecule has 0 saturated carbocycles. The van der Waals surface area contributed by atoms with E-state index in [0.29, 0.717) is 43.3 Å². The van der Waals surface area contributed by atoms with Crippen LogP contribution in [0.25, 0.3) is 0 Å². The highest BCUT2D eigenvalue weighted by Crippen LogP contribution is 2.35. The zero-order chi connectivity index (χ0) is 23.9. The number of fused-ring (bicyclic) bond motifs is 2. The maximum absolute atomic E-state index is 14.8. The fourth-order valence-electron chi connectivity index (χ4n) is 5.28. The van der Waals surface area contributed by atoms with E-state index in [1.54, 1.807) is 6.07 Å². The van der Waals surface area contributed by atoms with Gasteiger partial charge in [0.2, 0.25) is 0 Å². The molecular formula is C28H25F2N3O2. The summed E-state index contributed by atoms with van der Waals surface area (Å²) in [5.41, 5.74) is 3.81. The van der Waals surface area contributed by atoms with Crippen LogP contribution in [0.4, 0.5) is 8.78 Å². The van der Waals surface area contributed by atoms with Crippen molar-refractivity contribution in [2.45, 2.75) is 32.1 Å². The van der Waals surface area contributed by atoms with E-state index >= 15 is 0 Å². The fourth-order valence-corrected chi connectivity index (χ4v) is 5.28. The van der Waals surface area contributed by atoms with Gasteiger partial charge >= 0.3 is 0 Å². The minimum absolute atomic E-state index is 0.126. The molecule has 5 nitrogen and oxygen atoms in total. The summed E-state index contributed by atoms with van der Waals surface area (Å²) in [5, 5.41) is 0. The van der Waals surface area contributed by atoms with Gasteiger partial charge in [-0.05, 0) is 47.9 Å². The van der Waals surface area contributed by atoms with Gasteiger partial charge in [0.05, 0.1) is 12.6 Å². The van der Waals surface area contributed by atoms with Crippen molar-refractivity contribution in [3.05, 3.63) is 118 Å². The van der Waals surface area contributed by atoms with Gasteiger partial charge in [0, 0.05) is 49.7 Å². The fraction of sp³-hybridized carbons (Fsp3) is 0.250. The van der Waals surface area contributed by atoms with Gasteiger partial charge in [-0.1, -0.05) is 30.3 Å². The van der Waals surface area contributed by atoms with E-state index in [1.807, 2.05) is 41.4 Å². The second-order valence-electron chi connectivity index (χ2n) is 9.18. The Hall–Kier alpha value is -3.71. The first-order valence-corrected chi connectivity index (χ1v) is 11.9. The van der Waals surface area contributed by atoms with Crippen molar-refractivity contribution in [3.63, 3.8) is 0 Å². The molecule has 2 aromatic heterocycles. The molecule has 35 heavy (non-hydrogen) atoms. The predicted molar refractivity (Wildman–Crippen MR) is 127 cm³/mol. The van der Waals surface area contributed by atoms with Crippen LogP contribution in [0.3, 0.4) is 0 Å². The number of rotatable bonds is 4. The standard InChI is InChI=1S/C28H25F2N3O2/c29-21-7-9-23(24(30)16-21)27-25-6-3-12-31(25)14-15-32(27)18-22-8-10-26(35-22)28(34)33-13-11-19-4-1-2-5-20(19)17-33/h1-10,12,16,27H,11,13-15,17-18H2. The second kappa shape index (κ2) is 8.82. The lowest BCUT2D eigenvalue weighted by Gasteiger charge is -2.37. The van der Waals surface area contributed by atoms with Crippen molar-refractivity contribution < 1.29 is 18.0 Å². The zero-order valence-corrected chi connectivity index (χ0v) is 19.2. The van der Waals surface area contributed by atoms with E-state index in [0.717, 1.165) is 24.7 Å². The minimum atomic E-state index is -0.599. The molecule has 178 valence electrons. The number of carbonyl (C=O) groups excluding carboxylic acids is 1. The van der Waals surface area contributed by atoms with Gasteiger partial charge in [0.25, 0.3) is 5.91 Å². The summed E-state index contributed by atoms with van der Waals surface area (Å²) in [5.74, 6) is -0.351. The van der Waals surface area contributed by atoms with Crippen LogP contribution in [0, 0.1) is 11.6 Å². The monoisotopic (exact) mass is 473 g/mol. The number of aromatic nitrogens is 1. The van der Waals surface area contributed by atoms with Crippen LogP contribution in [0.1, 0.15) is 44.7 Å². The number of halogens is 2. The second-order valence-corrected chi connectivity index (χ2v) is 9.18. The van der Waals surface area contributed by atoms with Crippen molar-refractivity contribution in [1.29, 1.82) is 0 Å². The molecule has 0 spiro atoms. The lowest BCUT2D eigenvalue weighted by atomic mass is 9.99. The summed E-state index contributed by atoms with van der Waals surface area (Å²) < 4.78 is 36.5. The number of hydrogen-bond acceptors (Lipinski definition) is 3. The van der Waals surface area contributed by atoms with Gasteiger partial charge < -0.3 is 13.9 Å². The average molecular weight is 474 g/mol. The lowest BCUT2D eigenvalue weighted by molar-refractivity contribution is 0.0696. The molecule has 7 heteroatoms. The number of hydrogen-bond donors (Lipinski definition) is 0. The Morgan fingerprint density at radius 2 is 1.80 bits per heavy atom. The largest absolute Gasteiger partial charge is 0.455 e. The Balaban J connectivity index is 1.23. The van der Waals surface area contributed by atoms with Crippen LogP contribution in [0.2, 0.25) is 0 Å². The third-order valence-electron chi connectivity index (χ3n) is 7.04. The Bertz CT molecular complexity index is 1390.